The predicted octanol–water partition coefficient (Wildman–Crippen LogP) is 1.40. The van der Waals surface area contributed by atoms with Gasteiger partial charge in [0.1, 0.15) is 5.75 Å². The molecule has 0 aromatic heterocycles. The highest BCUT2D eigenvalue weighted by Crippen LogP contribution is 2.32. The zero-order valence-corrected chi connectivity index (χ0v) is 13.1. The van der Waals surface area contributed by atoms with E-state index in [1.807, 2.05) is 6.07 Å². The second-order valence-electron chi connectivity index (χ2n) is 5.02. The number of ether oxygens (including phenoxy) is 2. The summed E-state index contributed by atoms with van der Waals surface area (Å²) < 4.78 is 11.2. The van der Waals surface area contributed by atoms with Crippen molar-refractivity contribution in [2.75, 3.05) is 20.3 Å². The highest BCUT2D eigenvalue weighted by molar-refractivity contribution is 9.10. The fourth-order valence-corrected chi connectivity index (χ4v) is 2.76. The summed E-state index contributed by atoms with van der Waals surface area (Å²) in [7, 11) is 1.26. The van der Waals surface area contributed by atoms with Crippen LogP contribution in [0.25, 0.3) is 0 Å². The standard InChI is InChI=1S/C14H18BrNO4/c1-14(18,13(17)19-2)8-16-7-10-6-11(15)5-9-3-4-20-12(9)10/h5-6,16,18H,3-4,7-8H2,1-2H3. The van der Waals surface area contributed by atoms with Crippen LogP contribution in [0.15, 0.2) is 16.6 Å². The van der Waals surface area contributed by atoms with Gasteiger partial charge in [-0.1, -0.05) is 15.9 Å². The summed E-state index contributed by atoms with van der Waals surface area (Å²) in [6.07, 6.45) is 0.904. The lowest BCUT2D eigenvalue weighted by Gasteiger charge is -2.21. The molecule has 0 radical (unpaired) electrons. The van der Waals surface area contributed by atoms with Gasteiger partial charge < -0.3 is 19.9 Å². The van der Waals surface area contributed by atoms with Crippen molar-refractivity contribution in [2.24, 2.45) is 0 Å². The van der Waals surface area contributed by atoms with Gasteiger partial charge in [0.15, 0.2) is 5.60 Å². The third-order valence-electron chi connectivity index (χ3n) is 3.24. The molecule has 1 unspecified atom stereocenters. The number of aliphatic hydroxyl groups is 1. The second kappa shape index (κ2) is 6.11. The van der Waals surface area contributed by atoms with Crippen molar-refractivity contribution in [1.82, 2.24) is 5.32 Å². The van der Waals surface area contributed by atoms with Crippen molar-refractivity contribution < 1.29 is 19.4 Å². The van der Waals surface area contributed by atoms with Gasteiger partial charge in [-0.3, -0.25) is 0 Å². The Bertz CT molecular complexity index is 516. The molecule has 1 aromatic rings. The van der Waals surface area contributed by atoms with Crippen molar-refractivity contribution in [3.8, 4) is 5.75 Å². The molecule has 0 spiro atoms. The first-order valence-electron chi connectivity index (χ1n) is 6.39. The fourth-order valence-electron chi connectivity index (χ4n) is 2.21. The Kier molecular flexibility index (Phi) is 4.67. The summed E-state index contributed by atoms with van der Waals surface area (Å²) in [5.41, 5.74) is 0.647. The van der Waals surface area contributed by atoms with Crippen molar-refractivity contribution in [3.63, 3.8) is 0 Å². The van der Waals surface area contributed by atoms with E-state index in [2.05, 4.69) is 32.0 Å². The SMILES string of the molecule is COC(=O)C(C)(O)CNCc1cc(Br)cc2c1OCC2. The van der Waals surface area contributed by atoms with Gasteiger partial charge in [0.2, 0.25) is 0 Å². The molecule has 5 nitrogen and oxygen atoms in total. The minimum absolute atomic E-state index is 0.112. The third kappa shape index (κ3) is 3.31. The topological polar surface area (TPSA) is 67.8 Å². The number of halogens is 1. The maximum absolute atomic E-state index is 11.4. The molecule has 1 aliphatic rings. The molecular formula is C14H18BrNO4. The van der Waals surface area contributed by atoms with Crippen molar-refractivity contribution in [3.05, 3.63) is 27.7 Å². The van der Waals surface area contributed by atoms with Crippen LogP contribution in [0, 0.1) is 0 Å². The molecule has 0 bridgehead atoms. The van der Waals surface area contributed by atoms with E-state index >= 15 is 0 Å². The highest BCUT2D eigenvalue weighted by Gasteiger charge is 2.31. The molecule has 1 aromatic carbocycles. The number of carbonyl (C=O) groups is 1. The van der Waals surface area contributed by atoms with Crippen LogP contribution in [0.1, 0.15) is 18.1 Å². The number of carbonyl (C=O) groups excluding carboxylic acids is 1. The Morgan fingerprint density at radius 3 is 3.05 bits per heavy atom. The van der Waals surface area contributed by atoms with Crippen LogP contribution in [0.3, 0.4) is 0 Å². The van der Waals surface area contributed by atoms with E-state index in [0.29, 0.717) is 13.2 Å². The summed E-state index contributed by atoms with van der Waals surface area (Å²) in [5, 5.41) is 13.0. The maximum Gasteiger partial charge on any atom is 0.338 e. The molecule has 2 rings (SSSR count). The summed E-state index contributed by atoms with van der Waals surface area (Å²) >= 11 is 3.47. The lowest BCUT2D eigenvalue weighted by molar-refractivity contribution is -0.159. The first-order valence-corrected chi connectivity index (χ1v) is 7.19. The molecule has 0 aliphatic carbocycles. The monoisotopic (exact) mass is 343 g/mol. The highest BCUT2D eigenvalue weighted by atomic mass is 79.9. The van der Waals surface area contributed by atoms with E-state index < -0.39 is 11.6 Å². The van der Waals surface area contributed by atoms with E-state index in [0.717, 1.165) is 22.2 Å². The van der Waals surface area contributed by atoms with E-state index in [-0.39, 0.29) is 6.54 Å². The summed E-state index contributed by atoms with van der Waals surface area (Å²) in [6.45, 7) is 2.74. The van der Waals surface area contributed by atoms with E-state index in [9.17, 15) is 9.90 Å². The first-order chi connectivity index (χ1) is 9.44. The number of hydrogen-bond donors (Lipinski definition) is 2. The van der Waals surface area contributed by atoms with Crippen LogP contribution in [-0.4, -0.2) is 36.9 Å². The van der Waals surface area contributed by atoms with Crippen LogP contribution in [-0.2, 0) is 22.5 Å². The third-order valence-corrected chi connectivity index (χ3v) is 3.69. The molecule has 1 aliphatic heterocycles. The fraction of sp³-hybridized carbons (Fsp3) is 0.500. The van der Waals surface area contributed by atoms with E-state index in [4.69, 9.17) is 4.74 Å². The quantitative estimate of drug-likeness (QED) is 0.791. The number of hydrogen-bond acceptors (Lipinski definition) is 5. The second-order valence-corrected chi connectivity index (χ2v) is 5.94. The van der Waals surface area contributed by atoms with Crippen LogP contribution >= 0.6 is 15.9 Å². The van der Waals surface area contributed by atoms with Gasteiger partial charge in [0.25, 0.3) is 0 Å². The van der Waals surface area contributed by atoms with Gasteiger partial charge >= 0.3 is 5.97 Å². The largest absolute Gasteiger partial charge is 0.493 e. The molecule has 2 N–H and O–H groups in total. The Morgan fingerprint density at radius 2 is 2.35 bits per heavy atom. The molecular weight excluding hydrogens is 326 g/mol. The van der Waals surface area contributed by atoms with Crippen molar-refractivity contribution in [2.45, 2.75) is 25.5 Å². The normalized spacial score (nSPS) is 16.2. The van der Waals surface area contributed by atoms with E-state index in [1.165, 1.54) is 19.6 Å². The van der Waals surface area contributed by atoms with Gasteiger partial charge in [0.05, 0.1) is 13.7 Å². The van der Waals surface area contributed by atoms with Gasteiger partial charge in [-0.25, -0.2) is 4.79 Å². The number of methoxy groups -OCH3 is 1. The zero-order chi connectivity index (χ0) is 14.8. The van der Waals surface area contributed by atoms with Crippen LogP contribution in [0.5, 0.6) is 5.75 Å². The molecule has 6 heteroatoms. The van der Waals surface area contributed by atoms with Crippen molar-refractivity contribution >= 4 is 21.9 Å². The van der Waals surface area contributed by atoms with Gasteiger partial charge in [-0.2, -0.15) is 0 Å². The average Bonchev–Trinajstić information content (AvgIpc) is 2.85. The minimum atomic E-state index is -1.54. The molecule has 0 amide bonds. The minimum Gasteiger partial charge on any atom is -0.493 e. The molecule has 110 valence electrons. The predicted molar refractivity (Wildman–Crippen MR) is 77.7 cm³/mol. The Labute approximate surface area is 126 Å². The zero-order valence-electron chi connectivity index (χ0n) is 11.5. The van der Waals surface area contributed by atoms with Gasteiger partial charge in [-0.05, 0) is 24.6 Å². The Balaban J connectivity index is 2.00. The van der Waals surface area contributed by atoms with Crippen LogP contribution in [0.2, 0.25) is 0 Å². The summed E-state index contributed by atoms with van der Waals surface area (Å²) in [4.78, 5) is 11.4. The molecule has 1 atom stereocenters. The average molecular weight is 344 g/mol. The number of nitrogens with one attached hydrogen (secondary N) is 1. The number of rotatable bonds is 5. The number of esters is 1. The summed E-state index contributed by atoms with van der Waals surface area (Å²) in [5.74, 6) is 0.249. The molecule has 0 saturated heterocycles. The Hall–Kier alpha value is -1.11. The summed E-state index contributed by atoms with van der Waals surface area (Å²) in [6, 6.07) is 4.03. The first kappa shape index (κ1) is 15.3. The van der Waals surface area contributed by atoms with Gasteiger partial charge in [0, 0.05) is 29.5 Å². The molecule has 1 heterocycles. The number of benzene rings is 1. The van der Waals surface area contributed by atoms with Crippen molar-refractivity contribution in [1.29, 1.82) is 0 Å². The molecule has 0 saturated carbocycles. The van der Waals surface area contributed by atoms with Crippen LogP contribution in [0.4, 0.5) is 0 Å². The van der Waals surface area contributed by atoms with E-state index in [1.54, 1.807) is 0 Å². The lowest BCUT2D eigenvalue weighted by Crippen LogP contribution is -2.45. The van der Waals surface area contributed by atoms with Crippen LogP contribution < -0.4 is 10.1 Å². The molecule has 0 fully saturated rings. The smallest absolute Gasteiger partial charge is 0.338 e. The Morgan fingerprint density at radius 1 is 1.60 bits per heavy atom. The maximum atomic E-state index is 11.4. The van der Waals surface area contributed by atoms with Gasteiger partial charge in [-0.15, -0.1) is 0 Å². The number of fused-ring (bicyclic) bond motifs is 1. The lowest BCUT2D eigenvalue weighted by atomic mass is 10.1. The molecule has 20 heavy (non-hydrogen) atoms.